The van der Waals surface area contributed by atoms with E-state index in [1.165, 1.54) is 38.5 Å². The van der Waals surface area contributed by atoms with Crippen LogP contribution < -0.4 is 13.3 Å². The standard InChI is InChI=1S/C37H48O3Si/c1-5-9-10-11-12-13-14-21-31-41(38-35-28-18-15-25-32(35)22-6-2,39-36-29-19-16-26-33(36)23-7-3)40-37-30-20-17-27-34(37)24-8-4/h6-8,15-20,25-30H,2-5,9-14,21-24,31H2,1H3. The van der Waals surface area contributed by atoms with Crippen LogP contribution in [0.2, 0.25) is 6.04 Å². The maximum Gasteiger partial charge on any atom is 0.699 e. The van der Waals surface area contributed by atoms with E-state index in [0.717, 1.165) is 46.8 Å². The minimum atomic E-state index is -3.38. The van der Waals surface area contributed by atoms with E-state index in [2.05, 4.69) is 44.9 Å². The molecule has 0 fully saturated rings. The topological polar surface area (TPSA) is 27.7 Å². The number of hydrogen-bond donors (Lipinski definition) is 0. The van der Waals surface area contributed by atoms with Crippen molar-refractivity contribution in [1.82, 2.24) is 0 Å². The quantitative estimate of drug-likeness (QED) is 0.0727. The van der Waals surface area contributed by atoms with E-state index < -0.39 is 8.80 Å². The van der Waals surface area contributed by atoms with Crippen molar-refractivity contribution in [1.29, 1.82) is 0 Å². The molecule has 3 nitrogen and oxygen atoms in total. The van der Waals surface area contributed by atoms with Gasteiger partial charge >= 0.3 is 8.80 Å². The van der Waals surface area contributed by atoms with Gasteiger partial charge in [-0.2, -0.15) is 0 Å². The summed E-state index contributed by atoms with van der Waals surface area (Å²) >= 11 is 0. The smallest absolute Gasteiger partial charge is 0.483 e. The molecule has 0 bridgehead atoms. The Morgan fingerprint density at radius 2 is 0.854 bits per heavy atom. The third-order valence-corrected chi connectivity index (χ3v) is 9.70. The zero-order valence-electron chi connectivity index (χ0n) is 25.0. The van der Waals surface area contributed by atoms with Gasteiger partial charge in [-0.15, -0.1) is 19.7 Å². The van der Waals surface area contributed by atoms with Crippen LogP contribution in [0.15, 0.2) is 111 Å². The second kappa shape index (κ2) is 18.0. The van der Waals surface area contributed by atoms with Crippen LogP contribution in [0, 0.1) is 0 Å². The van der Waals surface area contributed by atoms with Gasteiger partial charge in [0.05, 0.1) is 6.04 Å². The van der Waals surface area contributed by atoms with E-state index in [9.17, 15) is 0 Å². The van der Waals surface area contributed by atoms with Gasteiger partial charge in [0.15, 0.2) is 0 Å². The Morgan fingerprint density at radius 1 is 0.512 bits per heavy atom. The number of rotatable bonds is 21. The molecule has 0 heterocycles. The first-order chi connectivity index (χ1) is 20.1. The Kier molecular flexibility index (Phi) is 14.1. The lowest BCUT2D eigenvalue weighted by Gasteiger charge is -2.32. The predicted octanol–water partition coefficient (Wildman–Crippen LogP) is 10.5. The summed E-state index contributed by atoms with van der Waals surface area (Å²) < 4.78 is 21.0. The fourth-order valence-corrected chi connectivity index (χ4v) is 7.69. The Hall–Kier alpha value is -3.50. The monoisotopic (exact) mass is 568 g/mol. The molecule has 0 unspecified atom stereocenters. The van der Waals surface area contributed by atoms with Crippen LogP contribution in [-0.2, 0) is 19.3 Å². The van der Waals surface area contributed by atoms with Gasteiger partial charge in [0, 0.05) is 0 Å². The number of para-hydroxylation sites is 3. The fourth-order valence-electron chi connectivity index (χ4n) is 4.98. The van der Waals surface area contributed by atoms with Crippen LogP contribution in [0.1, 0.15) is 75.0 Å². The lowest BCUT2D eigenvalue weighted by molar-refractivity contribution is 0.255. The van der Waals surface area contributed by atoms with Crippen LogP contribution in [-0.4, -0.2) is 8.80 Å². The normalized spacial score (nSPS) is 11.0. The molecule has 3 rings (SSSR count). The summed E-state index contributed by atoms with van der Waals surface area (Å²) in [7, 11) is -3.38. The van der Waals surface area contributed by atoms with Gasteiger partial charge in [-0.25, -0.2) is 0 Å². The van der Waals surface area contributed by atoms with Gasteiger partial charge in [-0.3, -0.25) is 0 Å². The summed E-state index contributed by atoms with van der Waals surface area (Å²) in [6, 6.07) is 25.2. The lowest BCUT2D eigenvalue weighted by Crippen LogP contribution is -2.55. The van der Waals surface area contributed by atoms with Crippen LogP contribution in [0.4, 0.5) is 0 Å². The number of benzene rings is 3. The highest BCUT2D eigenvalue weighted by atomic mass is 28.4. The SMILES string of the molecule is C=CCc1ccccc1O[Si](CCCCCCCCCC)(Oc1ccccc1CC=C)Oc1ccccc1CC=C. The second-order valence-electron chi connectivity index (χ2n) is 10.5. The number of allylic oxidation sites excluding steroid dienone is 3. The van der Waals surface area contributed by atoms with Gasteiger partial charge in [0.2, 0.25) is 0 Å². The molecule has 0 saturated carbocycles. The molecule has 0 amide bonds. The van der Waals surface area contributed by atoms with E-state index in [1.54, 1.807) is 0 Å². The highest BCUT2D eigenvalue weighted by molar-refractivity contribution is 6.63. The van der Waals surface area contributed by atoms with Crippen molar-refractivity contribution in [2.45, 2.75) is 83.6 Å². The van der Waals surface area contributed by atoms with Crippen LogP contribution in [0.25, 0.3) is 0 Å². The molecule has 3 aromatic rings. The number of unbranched alkanes of at least 4 members (excludes halogenated alkanes) is 7. The Bertz CT molecular complexity index is 1080. The van der Waals surface area contributed by atoms with E-state index in [-0.39, 0.29) is 0 Å². The third kappa shape index (κ3) is 10.4. The summed E-state index contributed by atoms with van der Waals surface area (Å²) in [6.07, 6.45) is 17.6. The molecule has 218 valence electrons. The fraction of sp³-hybridized carbons (Fsp3) is 0.351. The Labute approximate surface area is 250 Å². The van der Waals surface area contributed by atoms with Crippen molar-refractivity contribution in [3.05, 3.63) is 127 Å². The molecule has 4 heteroatoms. The predicted molar refractivity (Wildman–Crippen MR) is 176 cm³/mol. The Morgan fingerprint density at radius 3 is 1.22 bits per heavy atom. The number of hydrogen-bond acceptors (Lipinski definition) is 3. The van der Waals surface area contributed by atoms with Gasteiger partial charge in [0.25, 0.3) is 0 Å². The summed E-state index contributed by atoms with van der Waals surface area (Å²) in [5, 5.41) is 0. The van der Waals surface area contributed by atoms with Crippen molar-refractivity contribution in [3.63, 3.8) is 0 Å². The van der Waals surface area contributed by atoms with Crippen LogP contribution in [0.5, 0.6) is 17.2 Å². The molecule has 0 radical (unpaired) electrons. The summed E-state index contributed by atoms with van der Waals surface area (Å²) in [5.74, 6) is 2.38. The van der Waals surface area contributed by atoms with Crippen LogP contribution >= 0.6 is 0 Å². The minimum absolute atomic E-state index is 0.704. The van der Waals surface area contributed by atoms with Gasteiger partial charge in [0.1, 0.15) is 17.2 Å². The summed E-state index contributed by atoms with van der Waals surface area (Å²) in [4.78, 5) is 0. The second-order valence-corrected chi connectivity index (χ2v) is 13.0. The maximum atomic E-state index is 7.01. The van der Waals surface area contributed by atoms with E-state index >= 15 is 0 Å². The van der Waals surface area contributed by atoms with E-state index in [4.69, 9.17) is 13.3 Å². The van der Waals surface area contributed by atoms with E-state index in [0.29, 0.717) is 25.3 Å². The molecule has 0 atom stereocenters. The summed E-state index contributed by atoms with van der Waals surface area (Å²) in [5.41, 5.74) is 3.21. The molecule has 0 aromatic heterocycles. The summed E-state index contributed by atoms with van der Waals surface area (Å²) in [6.45, 7) is 14.2. The molecule has 41 heavy (non-hydrogen) atoms. The van der Waals surface area contributed by atoms with Crippen LogP contribution in [0.3, 0.4) is 0 Å². The van der Waals surface area contributed by atoms with Gasteiger partial charge in [-0.05, 0) is 60.6 Å². The maximum absolute atomic E-state index is 7.01. The molecule has 0 aliphatic rings. The highest BCUT2D eigenvalue weighted by Gasteiger charge is 2.49. The van der Waals surface area contributed by atoms with Crippen molar-refractivity contribution < 1.29 is 13.3 Å². The Balaban J connectivity index is 2.00. The molecule has 3 aromatic carbocycles. The molecule has 0 saturated heterocycles. The average Bonchev–Trinajstić information content (AvgIpc) is 2.98. The molecule has 0 spiro atoms. The molecule has 0 N–H and O–H groups in total. The van der Waals surface area contributed by atoms with Crippen molar-refractivity contribution in [2.24, 2.45) is 0 Å². The largest absolute Gasteiger partial charge is 0.699 e. The van der Waals surface area contributed by atoms with Crippen molar-refractivity contribution >= 4 is 8.80 Å². The first-order valence-electron chi connectivity index (χ1n) is 15.3. The lowest BCUT2D eigenvalue weighted by atomic mass is 10.1. The van der Waals surface area contributed by atoms with Gasteiger partial charge in [-0.1, -0.05) is 125 Å². The zero-order chi connectivity index (χ0) is 29.2. The zero-order valence-corrected chi connectivity index (χ0v) is 26.0. The van der Waals surface area contributed by atoms with Gasteiger partial charge < -0.3 is 13.3 Å². The molecular weight excluding hydrogens is 520 g/mol. The molecular formula is C37H48O3Si. The minimum Gasteiger partial charge on any atom is -0.483 e. The first-order valence-corrected chi connectivity index (χ1v) is 17.2. The highest BCUT2D eigenvalue weighted by Crippen LogP contribution is 2.33. The van der Waals surface area contributed by atoms with E-state index in [1.807, 2.05) is 72.8 Å². The first kappa shape index (κ1) is 32.0. The average molecular weight is 569 g/mol. The third-order valence-electron chi connectivity index (χ3n) is 7.14. The molecule has 0 aliphatic heterocycles. The van der Waals surface area contributed by atoms with Crippen molar-refractivity contribution in [2.75, 3.05) is 0 Å². The molecule has 0 aliphatic carbocycles. The van der Waals surface area contributed by atoms with Crippen molar-refractivity contribution in [3.8, 4) is 17.2 Å².